The number of nitrogens with one attached hydrogen (secondary N) is 1. The van der Waals surface area contributed by atoms with Gasteiger partial charge >= 0.3 is 0 Å². The van der Waals surface area contributed by atoms with Gasteiger partial charge in [-0.15, -0.1) is 0 Å². The Morgan fingerprint density at radius 2 is 1.85 bits per heavy atom. The molecule has 0 spiro atoms. The molecule has 0 bridgehead atoms. The Kier molecular flexibility index (Phi) is 4.80. The van der Waals surface area contributed by atoms with Gasteiger partial charge in [-0.25, -0.2) is 13.2 Å². The van der Waals surface area contributed by atoms with Crippen LogP contribution in [0.4, 0.5) is 13.2 Å². The Balaban J connectivity index is 2.28. The molecule has 0 saturated carbocycles. The first-order chi connectivity index (χ1) is 9.52. The van der Waals surface area contributed by atoms with Gasteiger partial charge in [-0.1, -0.05) is 18.2 Å². The molecule has 0 aliphatic heterocycles. The Bertz CT molecular complexity index is 619. The summed E-state index contributed by atoms with van der Waals surface area (Å²) in [5.41, 5.74) is 3.22. The predicted molar refractivity (Wildman–Crippen MR) is 74.2 cm³/mol. The summed E-state index contributed by atoms with van der Waals surface area (Å²) < 4.78 is 40.6. The lowest BCUT2D eigenvalue weighted by Gasteiger charge is -2.17. The number of benzene rings is 2. The van der Waals surface area contributed by atoms with Crippen molar-refractivity contribution in [2.75, 3.05) is 0 Å². The smallest absolute Gasteiger partial charge is 0.162 e. The minimum absolute atomic E-state index is 0.112. The first-order valence-corrected chi connectivity index (χ1v) is 6.66. The number of hydrazine groups is 1. The van der Waals surface area contributed by atoms with E-state index in [2.05, 4.69) is 21.4 Å². The Hall–Kier alpha value is -1.37. The molecule has 1 unspecified atom stereocenters. The van der Waals surface area contributed by atoms with Crippen LogP contribution in [0.5, 0.6) is 0 Å². The fourth-order valence-corrected chi connectivity index (χ4v) is 2.17. The van der Waals surface area contributed by atoms with Crippen LogP contribution in [0.15, 0.2) is 40.9 Å². The number of halogens is 4. The molecule has 0 aliphatic rings. The third kappa shape index (κ3) is 3.20. The van der Waals surface area contributed by atoms with E-state index in [-0.39, 0.29) is 12.0 Å². The number of hydrogen-bond donors (Lipinski definition) is 2. The summed E-state index contributed by atoms with van der Waals surface area (Å²) in [6.45, 7) is 0. The number of nitrogens with two attached hydrogens (primary N) is 1. The summed E-state index contributed by atoms with van der Waals surface area (Å²) in [6.07, 6.45) is 0.112. The fraction of sp³-hybridized carbons (Fsp3) is 0.143. The van der Waals surface area contributed by atoms with Gasteiger partial charge in [0.2, 0.25) is 0 Å². The molecule has 2 aromatic rings. The average Bonchev–Trinajstić information content (AvgIpc) is 2.44. The molecule has 0 fully saturated rings. The molecule has 20 heavy (non-hydrogen) atoms. The third-order valence-electron chi connectivity index (χ3n) is 3.00. The zero-order chi connectivity index (χ0) is 14.7. The van der Waals surface area contributed by atoms with Crippen LogP contribution in [0.25, 0.3) is 0 Å². The van der Waals surface area contributed by atoms with Crippen LogP contribution in [-0.2, 0) is 6.42 Å². The largest absolute Gasteiger partial charge is 0.271 e. The van der Waals surface area contributed by atoms with Crippen LogP contribution in [0.2, 0.25) is 0 Å². The molecule has 6 heteroatoms. The summed E-state index contributed by atoms with van der Waals surface area (Å²) in [5.74, 6) is 3.16. The van der Waals surface area contributed by atoms with E-state index in [0.29, 0.717) is 10.0 Å². The monoisotopic (exact) mass is 344 g/mol. The van der Waals surface area contributed by atoms with Crippen molar-refractivity contribution in [3.05, 3.63) is 69.4 Å². The molecule has 0 heterocycles. The number of hydrogen-bond acceptors (Lipinski definition) is 2. The highest BCUT2D eigenvalue weighted by Gasteiger charge is 2.16. The summed E-state index contributed by atoms with van der Waals surface area (Å²) >= 11 is 3.05. The van der Waals surface area contributed by atoms with Crippen LogP contribution in [0.1, 0.15) is 17.2 Å². The Labute approximate surface area is 122 Å². The van der Waals surface area contributed by atoms with Crippen molar-refractivity contribution in [1.82, 2.24) is 5.43 Å². The van der Waals surface area contributed by atoms with Crippen LogP contribution in [0.3, 0.4) is 0 Å². The van der Waals surface area contributed by atoms with Crippen molar-refractivity contribution >= 4 is 15.9 Å². The molecule has 1 atom stereocenters. The predicted octanol–water partition coefficient (Wildman–Crippen LogP) is 3.61. The molecule has 2 rings (SSSR count). The lowest BCUT2D eigenvalue weighted by atomic mass is 9.99. The van der Waals surface area contributed by atoms with Gasteiger partial charge in [-0.05, 0) is 51.7 Å². The Morgan fingerprint density at radius 1 is 1.10 bits per heavy atom. The fourth-order valence-electron chi connectivity index (χ4n) is 1.93. The van der Waals surface area contributed by atoms with Crippen LogP contribution in [-0.4, -0.2) is 0 Å². The standard InChI is InChI=1S/C14H12BrF3N2/c15-10-5-4-8(6-12(10)17)13(20-19)7-9-2-1-3-11(16)14(9)18/h1-6,13,20H,7,19H2. The van der Waals surface area contributed by atoms with Gasteiger partial charge in [0.15, 0.2) is 11.6 Å². The van der Waals surface area contributed by atoms with Crippen molar-refractivity contribution in [1.29, 1.82) is 0 Å². The van der Waals surface area contributed by atoms with E-state index in [9.17, 15) is 13.2 Å². The summed E-state index contributed by atoms with van der Waals surface area (Å²) in [4.78, 5) is 0. The molecular weight excluding hydrogens is 333 g/mol. The highest BCUT2D eigenvalue weighted by molar-refractivity contribution is 9.10. The first kappa shape index (κ1) is 15.0. The van der Waals surface area contributed by atoms with Crippen LogP contribution in [0, 0.1) is 17.5 Å². The van der Waals surface area contributed by atoms with Gasteiger partial charge in [-0.3, -0.25) is 11.3 Å². The van der Waals surface area contributed by atoms with E-state index in [1.165, 1.54) is 24.3 Å². The van der Waals surface area contributed by atoms with Crippen molar-refractivity contribution < 1.29 is 13.2 Å². The minimum Gasteiger partial charge on any atom is -0.271 e. The maximum Gasteiger partial charge on any atom is 0.162 e. The van der Waals surface area contributed by atoms with Gasteiger partial charge in [0.05, 0.1) is 10.5 Å². The van der Waals surface area contributed by atoms with Crippen LogP contribution < -0.4 is 11.3 Å². The molecule has 3 N–H and O–H groups in total. The maximum absolute atomic E-state index is 13.6. The van der Waals surface area contributed by atoms with Crippen molar-refractivity contribution in [3.63, 3.8) is 0 Å². The second-order valence-electron chi connectivity index (χ2n) is 4.31. The van der Waals surface area contributed by atoms with Gasteiger partial charge < -0.3 is 0 Å². The SMILES string of the molecule is NNC(Cc1cccc(F)c1F)c1ccc(Br)c(F)c1. The minimum atomic E-state index is -0.916. The van der Waals surface area contributed by atoms with Crippen molar-refractivity contribution in [3.8, 4) is 0 Å². The molecule has 2 nitrogen and oxygen atoms in total. The molecule has 0 amide bonds. The third-order valence-corrected chi connectivity index (χ3v) is 3.65. The quantitative estimate of drug-likeness (QED) is 0.656. The van der Waals surface area contributed by atoms with Crippen molar-refractivity contribution in [2.45, 2.75) is 12.5 Å². The average molecular weight is 345 g/mol. The molecule has 0 aliphatic carbocycles. The molecule has 0 saturated heterocycles. The van der Waals surface area contributed by atoms with Crippen LogP contribution >= 0.6 is 15.9 Å². The topological polar surface area (TPSA) is 38.0 Å². The van der Waals surface area contributed by atoms with E-state index in [4.69, 9.17) is 5.84 Å². The van der Waals surface area contributed by atoms with E-state index in [1.807, 2.05) is 0 Å². The van der Waals surface area contributed by atoms with E-state index < -0.39 is 23.5 Å². The molecule has 2 aromatic carbocycles. The highest BCUT2D eigenvalue weighted by atomic mass is 79.9. The molecule has 0 radical (unpaired) electrons. The lowest BCUT2D eigenvalue weighted by molar-refractivity contribution is 0.480. The Morgan fingerprint density at radius 3 is 2.50 bits per heavy atom. The van der Waals surface area contributed by atoms with Gasteiger partial charge in [0.25, 0.3) is 0 Å². The van der Waals surface area contributed by atoms with Gasteiger partial charge in [0.1, 0.15) is 5.82 Å². The molecule has 0 aromatic heterocycles. The molecule has 106 valence electrons. The first-order valence-electron chi connectivity index (χ1n) is 5.87. The maximum atomic E-state index is 13.6. The highest BCUT2D eigenvalue weighted by Crippen LogP contribution is 2.24. The molecular formula is C14H12BrF3N2. The van der Waals surface area contributed by atoms with Gasteiger partial charge in [-0.2, -0.15) is 0 Å². The summed E-state index contributed by atoms with van der Waals surface area (Å²) in [6, 6.07) is 7.91. The summed E-state index contributed by atoms with van der Waals surface area (Å²) in [5, 5.41) is 0. The second kappa shape index (κ2) is 6.39. The van der Waals surface area contributed by atoms with E-state index in [0.717, 1.165) is 6.07 Å². The van der Waals surface area contributed by atoms with Gasteiger partial charge in [0, 0.05) is 0 Å². The normalized spacial score (nSPS) is 12.4. The summed E-state index contributed by atoms with van der Waals surface area (Å²) in [7, 11) is 0. The second-order valence-corrected chi connectivity index (χ2v) is 5.16. The zero-order valence-corrected chi connectivity index (χ0v) is 11.9. The zero-order valence-electron chi connectivity index (χ0n) is 10.3. The van der Waals surface area contributed by atoms with E-state index in [1.54, 1.807) is 6.07 Å². The number of rotatable bonds is 4. The van der Waals surface area contributed by atoms with E-state index >= 15 is 0 Å². The lowest BCUT2D eigenvalue weighted by Crippen LogP contribution is -2.30. The van der Waals surface area contributed by atoms with Crippen molar-refractivity contribution in [2.24, 2.45) is 5.84 Å².